The lowest BCUT2D eigenvalue weighted by Gasteiger charge is -2.23. The summed E-state index contributed by atoms with van der Waals surface area (Å²) in [5.74, 6) is -8.55. The first-order valence-electron chi connectivity index (χ1n) is 3.77. The minimum Gasteiger partial charge on any atom is -0.281 e. The van der Waals surface area contributed by atoms with Crippen molar-refractivity contribution in [2.45, 2.75) is 36.9 Å². The van der Waals surface area contributed by atoms with E-state index in [0.29, 0.717) is 0 Å². The highest BCUT2D eigenvalue weighted by atomic mass is 32.2. The van der Waals surface area contributed by atoms with Crippen LogP contribution in [0.4, 0.5) is 26.3 Å². The summed E-state index contributed by atoms with van der Waals surface area (Å²) in [6, 6.07) is 0. The highest BCUT2D eigenvalue weighted by Gasteiger charge is 2.54. The van der Waals surface area contributed by atoms with E-state index in [9.17, 15) is 34.8 Å². The average Bonchev–Trinajstić information content (AvgIpc) is 1.72. The monoisotopic (exact) mass is 274 g/mol. The molecule has 0 heterocycles. The van der Waals surface area contributed by atoms with Gasteiger partial charge >= 0.3 is 15.4 Å². The quantitative estimate of drug-likeness (QED) is 0.619. The van der Waals surface area contributed by atoms with Gasteiger partial charge in [-0.25, -0.2) is 17.6 Å². The van der Waals surface area contributed by atoms with E-state index < -0.39 is 40.1 Å². The number of hydrogen-bond acceptors (Lipinski definition) is 2. The van der Waals surface area contributed by atoms with Crippen molar-refractivity contribution in [2.75, 3.05) is 0 Å². The van der Waals surface area contributed by atoms with Gasteiger partial charge in [0, 0.05) is 0 Å². The molecule has 0 aliphatic rings. The summed E-state index contributed by atoms with van der Waals surface area (Å²) in [5, 5.41) is -5.16. The Bertz CT molecular complexity index is 344. The summed E-state index contributed by atoms with van der Waals surface area (Å²) in [7, 11) is -6.05. The molecule has 1 N–H and O–H groups in total. The van der Waals surface area contributed by atoms with Crippen LogP contribution >= 0.6 is 0 Å². The van der Waals surface area contributed by atoms with Gasteiger partial charge in [-0.05, 0) is 6.92 Å². The molecule has 0 fully saturated rings. The normalized spacial score (nSPS) is 15.2. The molecule has 0 aliphatic carbocycles. The molecule has 0 rings (SSSR count). The van der Waals surface area contributed by atoms with Crippen molar-refractivity contribution in [3.05, 3.63) is 0 Å². The molecule has 0 aliphatic heterocycles. The minimum atomic E-state index is -6.05. The summed E-state index contributed by atoms with van der Waals surface area (Å²) >= 11 is 0. The molecule has 0 amide bonds. The lowest BCUT2D eigenvalue weighted by atomic mass is 10.1. The van der Waals surface area contributed by atoms with E-state index in [-0.39, 0.29) is 6.92 Å². The third-order valence-corrected chi connectivity index (χ3v) is 2.31. The van der Waals surface area contributed by atoms with Crippen LogP contribution in [0.15, 0.2) is 0 Å². The first-order valence-corrected chi connectivity index (χ1v) is 5.21. The summed E-state index contributed by atoms with van der Waals surface area (Å²) in [6.45, 7) is 0.0759. The molecule has 0 unspecified atom stereocenters. The maximum atomic E-state index is 12.6. The Kier molecular flexibility index (Phi) is 3.93. The van der Waals surface area contributed by atoms with Crippen molar-refractivity contribution in [1.82, 2.24) is 0 Å². The Morgan fingerprint density at radius 2 is 1.38 bits per heavy atom. The lowest BCUT2D eigenvalue weighted by molar-refractivity contribution is -0.132. The molecule has 0 atom stereocenters. The Morgan fingerprint density at radius 1 is 1.00 bits per heavy atom. The van der Waals surface area contributed by atoms with Crippen LogP contribution in [0.2, 0.25) is 0 Å². The van der Waals surface area contributed by atoms with E-state index in [0.717, 1.165) is 0 Å². The molecule has 10 heteroatoms. The standard InChI is InChI=1S/C6H8F6O3S/c1-4(7,8)2-5(9,10)3-6(11,12)16(13,14)15/h2-3H2,1H3,(H,13,14,15). The maximum Gasteiger partial charge on any atom is 0.375 e. The van der Waals surface area contributed by atoms with Crippen molar-refractivity contribution in [2.24, 2.45) is 0 Å². The highest BCUT2D eigenvalue weighted by Crippen LogP contribution is 2.39. The van der Waals surface area contributed by atoms with Crippen molar-refractivity contribution < 1.29 is 39.3 Å². The molecule has 0 bridgehead atoms. The van der Waals surface area contributed by atoms with E-state index >= 15 is 0 Å². The molecule has 0 aromatic heterocycles. The fourth-order valence-electron chi connectivity index (χ4n) is 0.909. The van der Waals surface area contributed by atoms with E-state index in [2.05, 4.69) is 0 Å². The minimum absolute atomic E-state index is 0.0759. The predicted molar refractivity (Wildman–Crippen MR) is 41.3 cm³/mol. The van der Waals surface area contributed by atoms with Crippen molar-refractivity contribution >= 4 is 10.1 Å². The molecule has 0 aromatic rings. The number of halogens is 6. The predicted octanol–water partition coefficient (Wildman–Crippen LogP) is 2.54. The third kappa shape index (κ3) is 5.01. The maximum absolute atomic E-state index is 12.6. The highest BCUT2D eigenvalue weighted by molar-refractivity contribution is 7.86. The van der Waals surface area contributed by atoms with Crippen LogP contribution in [-0.2, 0) is 10.1 Å². The average molecular weight is 274 g/mol. The lowest BCUT2D eigenvalue weighted by Crippen LogP contribution is -2.38. The second-order valence-corrected chi connectivity index (χ2v) is 4.94. The zero-order chi connectivity index (χ0) is 13.4. The molecule has 0 saturated heterocycles. The van der Waals surface area contributed by atoms with Gasteiger partial charge in [-0.1, -0.05) is 0 Å². The van der Waals surface area contributed by atoms with Crippen LogP contribution < -0.4 is 0 Å². The summed E-state index contributed by atoms with van der Waals surface area (Å²) in [5.41, 5.74) is 0. The first-order chi connectivity index (χ1) is 6.66. The van der Waals surface area contributed by atoms with Crippen molar-refractivity contribution in [1.29, 1.82) is 0 Å². The van der Waals surface area contributed by atoms with Gasteiger partial charge in [0.2, 0.25) is 0 Å². The second kappa shape index (κ2) is 4.06. The van der Waals surface area contributed by atoms with Crippen LogP contribution in [-0.4, -0.2) is 30.1 Å². The summed E-state index contributed by atoms with van der Waals surface area (Å²) < 4.78 is 102. The largest absolute Gasteiger partial charge is 0.375 e. The second-order valence-electron chi connectivity index (χ2n) is 3.39. The molecular formula is C6H8F6O3S. The fourth-order valence-corrected chi connectivity index (χ4v) is 1.30. The van der Waals surface area contributed by atoms with Gasteiger partial charge in [0.25, 0.3) is 11.8 Å². The van der Waals surface area contributed by atoms with Crippen molar-refractivity contribution in [3.63, 3.8) is 0 Å². The van der Waals surface area contributed by atoms with Crippen LogP contribution in [0.3, 0.4) is 0 Å². The number of rotatable bonds is 5. The number of hydrogen-bond donors (Lipinski definition) is 1. The molecule has 16 heavy (non-hydrogen) atoms. The van der Waals surface area contributed by atoms with Crippen LogP contribution in [0.5, 0.6) is 0 Å². The number of alkyl halides is 6. The molecule has 98 valence electrons. The van der Waals surface area contributed by atoms with Crippen LogP contribution in [0, 0.1) is 0 Å². The van der Waals surface area contributed by atoms with Crippen LogP contribution in [0.1, 0.15) is 19.8 Å². The third-order valence-electron chi connectivity index (χ3n) is 1.41. The van der Waals surface area contributed by atoms with Crippen LogP contribution in [0.25, 0.3) is 0 Å². The Hall–Kier alpha value is -0.510. The van der Waals surface area contributed by atoms with Gasteiger partial charge in [0.15, 0.2) is 0 Å². The summed E-state index contributed by atoms with van der Waals surface area (Å²) in [6.07, 6.45) is -4.92. The molecule has 0 saturated carbocycles. The fraction of sp³-hybridized carbons (Fsp3) is 1.00. The van der Waals surface area contributed by atoms with Gasteiger partial charge in [0.1, 0.15) is 0 Å². The van der Waals surface area contributed by atoms with Gasteiger partial charge in [-0.2, -0.15) is 17.2 Å². The zero-order valence-electron chi connectivity index (χ0n) is 7.85. The summed E-state index contributed by atoms with van der Waals surface area (Å²) in [4.78, 5) is 0. The molecule has 0 aromatic carbocycles. The first kappa shape index (κ1) is 15.5. The van der Waals surface area contributed by atoms with E-state index in [1.165, 1.54) is 0 Å². The molecule has 0 spiro atoms. The molecule has 3 nitrogen and oxygen atoms in total. The molecular weight excluding hydrogens is 266 g/mol. The van der Waals surface area contributed by atoms with Gasteiger partial charge in [-0.3, -0.25) is 4.55 Å². The van der Waals surface area contributed by atoms with Gasteiger partial charge in [0.05, 0.1) is 12.8 Å². The SMILES string of the molecule is CC(F)(F)CC(F)(F)CC(F)(F)S(=O)(=O)O. The molecule has 0 radical (unpaired) electrons. The Balaban J connectivity index is 4.85. The zero-order valence-corrected chi connectivity index (χ0v) is 8.67. The smallest absolute Gasteiger partial charge is 0.281 e. The Morgan fingerprint density at radius 3 is 1.62 bits per heavy atom. The Labute approximate surface area is 87.2 Å². The van der Waals surface area contributed by atoms with Crippen molar-refractivity contribution in [3.8, 4) is 0 Å². The van der Waals surface area contributed by atoms with E-state index in [1.54, 1.807) is 0 Å². The van der Waals surface area contributed by atoms with Gasteiger partial charge < -0.3 is 0 Å². The van der Waals surface area contributed by atoms with E-state index in [1.807, 2.05) is 0 Å². The van der Waals surface area contributed by atoms with E-state index in [4.69, 9.17) is 4.55 Å². The van der Waals surface area contributed by atoms with Gasteiger partial charge in [-0.15, -0.1) is 0 Å². The topological polar surface area (TPSA) is 54.4 Å².